The zero-order valence-electron chi connectivity index (χ0n) is 9.08. The van der Waals surface area contributed by atoms with Crippen LogP contribution in [0, 0.1) is 5.92 Å². The molecule has 0 spiro atoms. The first-order valence-corrected chi connectivity index (χ1v) is 5.31. The smallest absolute Gasteiger partial charge is 0.133 e. The van der Waals surface area contributed by atoms with Gasteiger partial charge in [-0.1, -0.05) is 6.92 Å². The van der Waals surface area contributed by atoms with Crippen molar-refractivity contribution >= 4 is 5.78 Å². The predicted octanol–water partition coefficient (Wildman–Crippen LogP) is 1.53. The van der Waals surface area contributed by atoms with Crippen LogP contribution in [0.25, 0.3) is 0 Å². The first-order chi connectivity index (χ1) is 6.58. The van der Waals surface area contributed by atoms with E-state index in [0.29, 0.717) is 32.3 Å². The summed E-state index contributed by atoms with van der Waals surface area (Å²) >= 11 is 0. The topological polar surface area (TPSA) is 46.5 Å². The molecule has 1 fully saturated rings. The van der Waals surface area contributed by atoms with Gasteiger partial charge in [0.1, 0.15) is 5.78 Å². The van der Waals surface area contributed by atoms with E-state index in [9.17, 15) is 9.90 Å². The van der Waals surface area contributed by atoms with Gasteiger partial charge in [0.25, 0.3) is 0 Å². The minimum Gasteiger partial charge on any atom is -0.390 e. The van der Waals surface area contributed by atoms with E-state index < -0.39 is 5.60 Å². The zero-order chi connectivity index (χ0) is 10.6. The maximum atomic E-state index is 11.1. The van der Waals surface area contributed by atoms with Gasteiger partial charge in [-0.05, 0) is 25.2 Å². The van der Waals surface area contributed by atoms with Gasteiger partial charge in [0, 0.05) is 26.6 Å². The third kappa shape index (κ3) is 2.79. The summed E-state index contributed by atoms with van der Waals surface area (Å²) in [5.41, 5.74) is -0.632. The lowest BCUT2D eigenvalue weighted by atomic mass is 9.75. The number of carbonyl (C=O) groups excluding carboxylic acids is 1. The second-order valence-corrected chi connectivity index (χ2v) is 4.32. The largest absolute Gasteiger partial charge is 0.390 e. The van der Waals surface area contributed by atoms with Crippen molar-refractivity contribution in [2.45, 2.75) is 44.6 Å². The number of hydrogen-bond donors (Lipinski definition) is 1. The molecule has 1 atom stereocenters. The van der Waals surface area contributed by atoms with Gasteiger partial charge in [-0.2, -0.15) is 0 Å². The molecule has 0 aliphatic heterocycles. The van der Waals surface area contributed by atoms with Crippen molar-refractivity contribution in [3.8, 4) is 0 Å². The highest BCUT2D eigenvalue weighted by Gasteiger charge is 2.36. The average Bonchev–Trinajstić information content (AvgIpc) is 2.19. The van der Waals surface area contributed by atoms with Crippen molar-refractivity contribution in [2.75, 3.05) is 13.7 Å². The maximum Gasteiger partial charge on any atom is 0.133 e. The van der Waals surface area contributed by atoms with Gasteiger partial charge in [0.2, 0.25) is 0 Å². The van der Waals surface area contributed by atoms with Gasteiger partial charge in [0.15, 0.2) is 0 Å². The summed E-state index contributed by atoms with van der Waals surface area (Å²) in [6, 6.07) is 0. The number of hydrogen-bond acceptors (Lipinski definition) is 3. The van der Waals surface area contributed by atoms with Gasteiger partial charge < -0.3 is 9.84 Å². The predicted molar refractivity (Wildman–Crippen MR) is 54.1 cm³/mol. The van der Waals surface area contributed by atoms with Crippen LogP contribution < -0.4 is 0 Å². The minimum atomic E-state index is -0.632. The lowest BCUT2D eigenvalue weighted by molar-refractivity contribution is -0.128. The van der Waals surface area contributed by atoms with Crippen LogP contribution in [-0.2, 0) is 9.53 Å². The second kappa shape index (κ2) is 4.89. The van der Waals surface area contributed by atoms with Crippen LogP contribution in [-0.4, -0.2) is 30.2 Å². The molecule has 1 N–H and O–H groups in total. The Morgan fingerprint density at radius 3 is 2.57 bits per heavy atom. The molecule has 1 aliphatic rings. The third-order valence-electron chi connectivity index (χ3n) is 3.35. The average molecular weight is 200 g/mol. The van der Waals surface area contributed by atoms with Crippen LogP contribution in [0.1, 0.15) is 39.0 Å². The standard InChI is InChI=1S/C11H20O3/c1-9(5-8-14-2)11(13)6-3-10(12)4-7-11/h9,13H,3-8H2,1-2H3. The maximum absolute atomic E-state index is 11.1. The molecule has 14 heavy (non-hydrogen) atoms. The van der Waals surface area contributed by atoms with Crippen molar-refractivity contribution in [1.29, 1.82) is 0 Å². The van der Waals surface area contributed by atoms with Crippen LogP contribution in [0.15, 0.2) is 0 Å². The fourth-order valence-electron chi connectivity index (χ4n) is 2.02. The molecule has 1 saturated carbocycles. The summed E-state index contributed by atoms with van der Waals surface area (Å²) in [6.07, 6.45) is 3.18. The quantitative estimate of drug-likeness (QED) is 0.748. The number of ketones is 1. The highest BCUT2D eigenvalue weighted by Crippen LogP contribution is 2.34. The van der Waals surface area contributed by atoms with Gasteiger partial charge in [-0.25, -0.2) is 0 Å². The molecule has 0 saturated heterocycles. The Morgan fingerprint density at radius 2 is 2.07 bits per heavy atom. The number of Topliss-reactive ketones (excluding diaryl/α,β-unsaturated/α-hetero) is 1. The van der Waals surface area contributed by atoms with E-state index in [-0.39, 0.29) is 11.7 Å². The summed E-state index contributed by atoms with van der Waals surface area (Å²) in [7, 11) is 1.67. The van der Waals surface area contributed by atoms with Crippen molar-refractivity contribution in [3.05, 3.63) is 0 Å². The lowest BCUT2D eigenvalue weighted by Crippen LogP contribution is -2.40. The summed E-state index contributed by atoms with van der Waals surface area (Å²) in [6.45, 7) is 2.71. The highest BCUT2D eigenvalue weighted by atomic mass is 16.5. The molecule has 3 nitrogen and oxygen atoms in total. The van der Waals surface area contributed by atoms with Gasteiger partial charge >= 0.3 is 0 Å². The monoisotopic (exact) mass is 200 g/mol. The first kappa shape index (κ1) is 11.7. The molecular weight excluding hydrogens is 180 g/mol. The fraction of sp³-hybridized carbons (Fsp3) is 0.909. The first-order valence-electron chi connectivity index (χ1n) is 5.31. The van der Waals surface area contributed by atoms with E-state index in [4.69, 9.17) is 4.74 Å². The molecule has 1 unspecified atom stereocenters. The van der Waals surface area contributed by atoms with Crippen LogP contribution in [0.2, 0.25) is 0 Å². The lowest BCUT2D eigenvalue weighted by Gasteiger charge is -2.36. The van der Waals surface area contributed by atoms with Crippen molar-refractivity contribution in [1.82, 2.24) is 0 Å². The molecule has 1 aliphatic carbocycles. The van der Waals surface area contributed by atoms with Crippen molar-refractivity contribution < 1.29 is 14.6 Å². The molecule has 0 bridgehead atoms. The van der Waals surface area contributed by atoms with Crippen molar-refractivity contribution in [3.63, 3.8) is 0 Å². The van der Waals surface area contributed by atoms with Crippen molar-refractivity contribution in [2.24, 2.45) is 5.92 Å². The van der Waals surface area contributed by atoms with E-state index in [0.717, 1.165) is 6.42 Å². The molecule has 1 rings (SSSR count). The van der Waals surface area contributed by atoms with E-state index in [1.165, 1.54) is 0 Å². The van der Waals surface area contributed by atoms with Crippen LogP contribution in [0.3, 0.4) is 0 Å². The molecule has 0 aromatic carbocycles. The Bertz CT molecular complexity index is 191. The van der Waals surface area contributed by atoms with Gasteiger partial charge in [0.05, 0.1) is 5.60 Å². The molecule has 3 heteroatoms. The summed E-state index contributed by atoms with van der Waals surface area (Å²) in [4.78, 5) is 11.1. The molecule has 0 heterocycles. The molecule has 0 aromatic heterocycles. The number of methoxy groups -OCH3 is 1. The van der Waals surface area contributed by atoms with E-state index in [2.05, 4.69) is 0 Å². The normalized spacial score (nSPS) is 23.5. The number of ether oxygens (including phenoxy) is 1. The van der Waals surface area contributed by atoms with Gasteiger partial charge in [-0.3, -0.25) is 4.79 Å². The zero-order valence-corrected chi connectivity index (χ0v) is 9.08. The number of aliphatic hydroxyl groups is 1. The SMILES string of the molecule is COCCC(C)C1(O)CCC(=O)CC1. The Kier molecular flexibility index (Phi) is 4.08. The van der Waals surface area contributed by atoms with Gasteiger partial charge in [-0.15, -0.1) is 0 Å². The molecule has 0 amide bonds. The molecule has 0 radical (unpaired) electrons. The second-order valence-electron chi connectivity index (χ2n) is 4.32. The highest BCUT2D eigenvalue weighted by molar-refractivity contribution is 5.79. The summed E-state index contributed by atoms with van der Waals surface area (Å²) in [5, 5.41) is 10.3. The van der Waals surface area contributed by atoms with E-state index in [1.54, 1.807) is 7.11 Å². The van der Waals surface area contributed by atoms with E-state index >= 15 is 0 Å². The Labute approximate surface area is 85.5 Å². The number of rotatable bonds is 4. The minimum absolute atomic E-state index is 0.218. The summed E-state index contributed by atoms with van der Waals surface area (Å²) < 4.78 is 4.99. The van der Waals surface area contributed by atoms with Crippen LogP contribution >= 0.6 is 0 Å². The molecular formula is C11H20O3. The fourth-order valence-corrected chi connectivity index (χ4v) is 2.02. The molecule has 0 aromatic rings. The third-order valence-corrected chi connectivity index (χ3v) is 3.35. The van der Waals surface area contributed by atoms with Crippen LogP contribution in [0.5, 0.6) is 0 Å². The number of carbonyl (C=O) groups is 1. The molecule has 82 valence electrons. The Balaban J connectivity index is 2.43. The Hall–Kier alpha value is -0.410. The van der Waals surface area contributed by atoms with Crippen LogP contribution in [0.4, 0.5) is 0 Å². The Morgan fingerprint density at radius 1 is 1.50 bits per heavy atom. The van der Waals surface area contributed by atoms with E-state index in [1.807, 2.05) is 6.92 Å². The summed E-state index contributed by atoms with van der Waals surface area (Å²) in [5.74, 6) is 0.504.